The number of hydrogen-bond acceptors (Lipinski definition) is 3. The average molecular weight is 375 g/mol. The van der Waals surface area contributed by atoms with E-state index in [1.807, 2.05) is 50.2 Å². The zero-order valence-corrected chi connectivity index (χ0v) is 16.4. The van der Waals surface area contributed by atoms with Crippen LogP contribution in [0.25, 0.3) is 22.5 Å². The molecule has 0 saturated carbocycles. The van der Waals surface area contributed by atoms with Crippen LogP contribution in [0.15, 0.2) is 48.5 Å². The van der Waals surface area contributed by atoms with Crippen molar-refractivity contribution in [2.24, 2.45) is 0 Å². The van der Waals surface area contributed by atoms with E-state index in [1.165, 1.54) is 16.7 Å². The summed E-state index contributed by atoms with van der Waals surface area (Å²) >= 11 is 0. The van der Waals surface area contributed by atoms with E-state index in [0.717, 1.165) is 35.6 Å². The summed E-state index contributed by atoms with van der Waals surface area (Å²) in [5, 5.41) is 13.6. The minimum Gasteiger partial charge on any atom is -0.334 e. The Bertz CT molecular complexity index is 990. The van der Waals surface area contributed by atoms with Gasteiger partial charge in [0.1, 0.15) is 0 Å². The molecule has 1 unspecified atom stereocenters. The van der Waals surface area contributed by atoms with Gasteiger partial charge in [0.15, 0.2) is 0 Å². The van der Waals surface area contributed by atoms with Crippen LogP contribution in [0.5, 0.6) is 0 Å². The van der Waals surface area contributed by atoms with Gasteiger partial charge in [0.05, 0.1) is 11.4 Å². The third-order valence-electron chi connectivity index (χ3n) is 4.95. The first-order chi connectivity index (χ1) is 13.5. The molecule has 28 heavy (non-hydrogen) atoms. The number of nitrogens with zero attached hydrogens (tertiary/aromatic N) is 2. The molecule has 6 nitrogen and oxygen atoms in total. The molecule has 3 N–H and O–H groups in total. The Balaban J connectivity index is 1.45. The Hall–Kier alpha value is -3.12. The molecule has 2 aromatic carbocycles. The molecule has 1 aliphatic rings. The molecule has 1 aromatic heterocycles. The summed E-state index contributed by atoms with van der Waals surface area (Å²) in [6.45, 7) is 2.78. The molecule has 0 fully saturated rings. The van der Waals surface area contributed by atoms with E-state index in [4.69, 9.17) is 0 Å². The molecule has 1 aliphatic carbocycles. The van der Waals surface area contributed by atoms with Crippen molar-refractivity contribution in [2.75, 3.05) is 26.0 Å². The maximum atomic E-state index is 12.1. The first-order valence-electron chi connectivity index (χ1n) is 9.49. The lowest BCUT2D eigenvalue weighted by atomic mass is 10.1. The fraction of sp³-hybridized carbons (Fsp3) is 0.273. The second kappa shape index (κ2) is 7.48. The van der Waals surface area contributed by atoms with Gasteiger partial charge in [-0.3, -0.25) is 5.10 Å². The Morgan fingerprint density at radius 1 is 1.18 bits per heavy atom. The zero-order chi connectivity index (χ0) is 19.7. The van der Waals surface area contributed by atoms with Crippen molar-refractivity contribution in [3.05, 3.63) is 59.7 Å². The minimum absolute atomic E-state index is 0.0718. The normalized spacial score (nSPS) is 13.1. The number of aromatic nitrogens is 2. The molecule has 1 heterocycles. The highest BCUT2D eigenvalue weighted by molar-refractivity contribution is 5.90. The number of aromatic amines is 1. The lowest BCUT2D eigenvalue weighted by molar-refractivity contribution is 0.245. The van der Waals surface area contributed by atoms with E-state index >= 15 is 0 Å². The Labute approximate surface area is 165 Å². The van der Waals surface area contributed by atoms with E-state index < -0.39 is 0 Å². The molecule has 2 amide bonds. The Morgan fingerprint density at radius 2 is 1.93 bits per heavy atom. The molecule has 1 atom stereocenters. The van der Waals surface area contributed by atoms with Crippen molar-refractivity contribution in [1.29, 1.82) is 0 Å². The number of rotatable bonds is 5. The predicted octanol–water partition coefficient (Wildman–Crippen LogP) is 3.72. The topological polar surface area (TPSA) is 73.1 Å². The second-order valence-corrected chi connectivity index (χ2v) is 7.60. The number of benzene rings is 2. The first-order valence-corrected chi connectivity index (χ1v) is 9.49. The standard InChI is InChI=1S/C22H25N5O/c1-14(13-27(2)3)23-22(28)24-17-10-8-15(9-11-17)20-19-12-16-6-4-5-7-18(16)21(19)26-25-20/h4-11,14H,12-13H2,1-3H3,(H,25,26)(H2,23,24,28). The van der Waals surface area contributed by atoms with E-state index in [9.17, 15) is 4.79 Å². The molecule has 144 valence electrons. The van der Waals surface area contributed by atoms with E-state index in [1.54, 1.807) is 0 Å². The second-order valence-electron chi connectivity index (χ2n) is 7.60. The van der Waals surface area contributed by atoms with Crippen LogP contribution in [0.4, 0.5) is 10.5 Å². The number of amides is 2. The minimum atomic E-state index is -0.196. The van der Waals surface area contributed by atoms with E-state index in [0.29, 0.717) is 0 Å². The molecule has 0 aliphatic heterocycles. The van der Waals surface area contributed by atoms with Gasteiger partial charge in [-0.2, -0.15) is 5.10 Å². The van der Waals surface area contributed by atoms with Gasteiger partial charge in [-0.05, 0) is 38.7 Å². The zero-order valence-electron chi connectivity index (χ0n) is 16.4. The van der Waals surface area contributed by atoms with E-state index in [2.05, 4.69) is 45.1 Å². The maximum absolute atomic E-state index is 12.1. The number of fused-ring (bicyclic) bond motifs is 3. The molecular weight excluding hydrogens is 350 g/mol. The van der Waals surface area contributed by atoms with Crippen LogP contribution in [0, 0.1) is 0 Å². The molecule has 4 rings (SSSR count). The third-order valence-corrected chi connectivity index (χ3v) is 4.95. The highest BCUT2D eigenvalue weighted by atomic mass is 16.2. The lowest BCUT2D eigenvalue weighted by Crippen LogP contribution is -2.41. The van der Waals surface area contributed by atoms with Crippen LogP contribution in [0.3, 0.4) is 0 Å². The summed E-state index contributed by atoms with van der Waals surface area (Å²) in [4.78, 5) is 14.2. The largest absolute Gasteiger partial charge is 0.334 e. The molecule has 0 bridgehead atoms. The number of H-pyrrole nitrogens is 1. The van der Waals surface area contributed by atoms with Crippen molar-refractivity contribution in [3.8, 4) is 22.5 Å². The Kier molecular flexibility index (Phi) is 4.88. The van der Waals surface area contributed by atoms with Gasteiger partial charge in [0, 0.05) is 41.4 Å². The summed E-state index contributed by atoms with van der Waals surface area (Å²) in [7, 11) is 3.97. The van der Waals surface area contributed by atoms with Crippen molar-refractivity contribution < 1.29 is 4.79 Å². The van der Waals surface area contributed by atoms with Crippen LogP contribution in [0.2, 0.25) is 0 Å². The molecular formula is C22H25N5O. The smallest absolute Gasteiger partial charge is 0.319 e. The van der Waals surface area contributed by atoms with Crippen LogP contribution >= 0.6 is 0 Å². The summed E-state index contributed by atoms with van der Waals surface area (Å²) < 4.78 is 0. The highest BCUT2D eigenvalue weighted by Gasteiger charge is 2.24. The fourth-order valence-electron chi connectivity index (χ4n) is 3.80. The predicted molar refractivity (Wildman–Crippen MR) is 112 cm³/mol. The summed E-state index contributed by atoms with van der Waals surface area (Å²) in [6.07, 6.45) is 0.892. The van der Waals surface area contributed by atoms with Gasteiger partial charge in [-0.1, -0.05) is 36.4 Å². The molecule has 0 spiro atoms. The average Bonchev–Trinajstić information content (AvgIpc) is 3.20. The first kappa shape index (κ1) is 18.3. The maximum Gasteiger partial charge on any atom is 0.319 e. The summed E-state index contributed by atoms with van der Waals surface area (Å²) in [5.74, 6) is 0. The van der Waals surface area contributed by atoms with Crippen molar-refractivity contribution in [3.63, 3.8) is 0 Å². The molecule has 0 saturated heterocycles. The molecule has 0 radical (unpaired) electrons. The quantitative estimate of drug-likeness (QED) is 0.498. The summed E-state index contributed by atoms with van der Waals surface area (Å²) in [5.41, 5.74) is 7.68. The van der Waals surface area contributed by atoms with Gasteiger partial charge in [0.2, 0.25) is 0 Å². The van der Waals surface area contributed by atoms with Crippen molar-refractivity contribution in [1.82, 2.24) is 20.4 Å². The Morgan fingerprint density at radius 3 is 2.68 bits per heavy atom. The number of urea groups is 1. The van der Waals surface area contributed by atoms with Gasteiger partial charge in [0.25, 0.3) is 0 Å². The van der Waals surface area contributed by atoms with Crippen LogP contribution in [-0.2, 0) is 6.42 Å². The van der Waals surface area contributed by atoms with Gasteiger partial charge in [-0.25, -0.2) is 4.79 Å². The number of anilines is 1. The fourth-order valence-corrected chi connectivity index (χ4v) is 3.80. The van der Waals surface area contributed by atoms with Crippen molar-refractivity contribution in [2.45, 2.75) is 19.4 Å². The third kappa shape index (κ3) is 3.64. The van der Waals surface area contributed by atoms with Crippen molar-refractivity contribution >= 4 is 11.7 Å². The monoisotopic (exact) mass is 375 g/mol. The molecule has 3 aromatic rings. The van der Waals surface area contributed by atoms with Gasteiger partial charge in [-0.15, -0.1) is 0 Å². The van der Waals surface area contributed by atoms with Crippen LogP contribution in [0.1, 0.15) is 18.1 Å². The number of carbonyl (C=O) groups is 1. The number of nitrogens with one attached hydrogen (secondary N) is 3. The van der Waals surface area contributed by atoms with Crippen LogP contribution < -0.4 is 10.6 Å². The lowest BCUT2D eigenvalue weighted by Gasteiger charge is -2.18. The number of hydrogen-bond donors (Lipinski definition) is 3. The highest BCUT2D eigenvalue weighted by Crippen LogP contribution is 2.39. The SMILES string of the molecule is CC(CN(C)C)NC(=O)Nc1ccc(-c2n[nH]c3c2Cc2ccccc2-3)cc1. The number of likely N-dealkylation sites (N-methyl/N-ethyl adjacent to an activating group) is 1. The van der Waals surface area contributed by atoms with Gasteiger partial charge < -0.3 is 15.5 Å². The number of carbonyl (C=O) groups excluding carboxylic acids is 1. The van der Waals surface area contributed by atoms with Crippen LogP contribution in [-0.4, -0.2) is 47.8 Å². The molecule has 6 heteroatoms. The summed E-state index contributed by atoms with van der Waals surface area (Å²) in [6, 6.07) is 16.1. The van der Waals surface area contributed by atoms with Gasteiger partial charge >= 0.3 is 6.03 Å². The van der Waals surface area contributed by atoms with E-state index in [-0.39, 0.29) is 12.1 Å².